The van der Waals surface area contributed by atoms with Crippen LogP contribution in [0.5, 0.6) is 0 Å². The molecule has 0 aromatic heterocycles. The van der Waals surface area contributed by atoms with Crippen LogP contribution in [-0.4, -0.2) is 35.4 Å². The van der Waals surface area contributed by atoms with Gasteiger partial charge in [-0.25, -0.2) is 4.79 Å². The third-order valence-corrected chi connectivity index (χ3v) is 4.21. The van der Waals surface area contributed by atoms with E-state index in [1.165, 1.54) is 0 Å². The van der Waals surface area contributed by atoms with Crippen LogP contribution in [0.2, 0.25) is 0 Å². The topological polar surface area (TPSA) is 49.4 Å². The highest BCUT2D eigenvalue weighted by atomic mass is 32.2. The lowest BCUT2D eigenvalue weighted by Gasteiger charge is -2.32. The Kier molecular flexibility index (Phi) is 4.14. The fourth-order valence-electron chi connectivity index (χ4n) is 2.35. The van der Waals surface area contributed by atoms with Crippen molar-refractivity contribution in [1.82, 2.24) is 10.2 Å². The fraction of sp³-hybridized carbons (Fsp3) is 0.429. The molecule has 1 aromatic carbocycles. The molecule has 0 saturated carbocycles. The lowest BCUT2D eigenvalue weighted by atomic mass is 9.90. The minimum atomic E-state index is -0.892. The predicted octanol–water partition coefficient (Wildman–Crippen LogP) is 2.21. The summed E-state index contributed by atoms with van der Waals surface area (Å²) in [4.78, 5) is 25.8. The van der Waals surface area contributed by atoms with Gasteiger partial charge in [0, 0.05) is 6.54 Å². The van der Waals surface area contributed by atoms with Gasteiger partial charge in [-0.2, -0.15) is 11.8 Å². The normalized spacial score (nSPS) is 22.7. The predicted molar refractivity (Wildman–Crippen MR) is 77.0 cm³/mol. The summed E-state index contributed by atoms with van der Waals surface area (Å²) in [5.74, 6) is 0.732. The van der Waals surface area contributed by atoms with E-state index in [2.05, 4.69) is 5.32 Å². The van der Waals surface area contributed by atoms with Crippen molar-refractivity contribution in [3.05, 3.63) is 35.9 Å². The molecule has 1 fully saturated rings. The van der Waals surface area contributed by atoms with Crippen molar-refractivity contribution in [3.8, 4) is 0 Å². The number of nitrogens with one attached hydrogen (secondary N) is 1. The summed E-state index contributed by atoms with van der Waals surface area (Å²) in [6, 6.07) is 9.16. The Labute approximate surface area is 117 Å². The zero-order valence-electron chi connectivity index (χ0n) is 11.2. The molecule has 0 spiro atoms. The Morgan fingerprint density at radius 3 is 2.58 bits per heavy atom. The molecule has 1 N–H and O–H groups in total. The van der Waals surface area contributed by atoms with Crippen molar-refractivity contribution < 1.29 is 9.59 Å². The highest BCUT2D eigenvalue weighted by molar-refractivity contribution is 7.98. The second kappa shape index (κ2) is 5.65. The molecule has 0 bridgehead atoms. The summed E-state index contributed by atoms with van der Waals surface area (Å²) in [6.07, 6.45) is 2.91. The molecule has 1 aromatic rings. The number of hydrogen-bond acceptors (Lipinski definition) is 3. The second-order valence-corrected chi connectivity index (χ2v) is 5.68. The average Bonchev–Trinajstić information content (AvgIpc) is 2.64. The quantitative estimate of drug-likeness (QED) is 0.663. The highest BCUT2D eigenvalue weighted by Crippen LogP contribution is 2.32. The maximum absolute atomic E-state index is 12.2. The minimum absolute atomic E-state index is 0.243. The number of rotatable bonds is 5. The zero-order chi connectivity index (χ0) is 13.9. The van der Waals surface area contributed by atoms with Crippen LogP contribution < -0.4 is 5.32 Å². The fourth-order valence-corrected chi connectivity index (χ4v) is 2.77. The molecule has 0 radical (unpaired) electrons. The number of carbonyl (C=O) groups is 2. The first-order valence-corrected chi connectivity index (χ1v) is 7.67. The number of carbonyl (C=O) groups excluding carboxylic acids is 2. The molecule has 5 heteroatoms. The van der Waals surface area contributed by atoms with Crippen LogP contribution in [0.25, 0.3) is 0 Å². The van der Waals surface area contributed by atoms with Crippen molar-refractivity contribution in [3.63, 3.8) is 0 Å². The first-order valence-electron chi connectivity index (χ1n) is 6.28. The van der Waals surface area contributed by atoms with Crippen LogP contribution in [0, 0.1) is 0 Å². The molecular formula is C14H18N2O2S. The SMILES string of the molecule is CSCCCN1C(=O)NC(=O)C1(C)c1ccccc1. The number of hydrogen-bond donors (Lipinski definition) is 1. The van der Waals surface area contributed by atoms with Gasteiger partial charge < -0.3 is 4.90 Å². The molecule has 19 heavy (non-hydrogen) atoms. The third kappa shape index (κ3) is 2.47. The first kappa shape index (κ1) is 13.9. The largest absolute Gasteiger partial charge is 0.325 e. The molecule has 1 aliphatic heterocycles. The molecule has 1 unspecified atom stereocenters. The highest BCUT2D eigenvalue weighted by Gasteiger charge is 2.49. The molecule has 1 saturated heterocycles. The first-order chi connectivity index (χ1) is 9.10. The third-order valence-electron chi connectivity index (χ3n) is 3.51. The Morgan fingerprint density at radius 2 is 1.95 bits per heavy atom. The molecule has 1 aliphatic rings. The second-order valence-electron chi connectivity index (χ2n) is 4.70. The van der Waals surface area contributed by atoms with Crippen LogP contribution in [0.1, 0.15) is 18.9 Å². The van der Waals surface area contributed by atoms with Gasteiger partial charge in [-0.3, -0.25) is 10.1 Å². The zero-order valence-corrected chi connectivity index (χ0v) is 12.0. The summed E-state index contributed by atoms with van der Waals surface area (Å²) < 4.78 is 0. The number of urea groups is 1. The van der Waals surface area contributed by atoms with Gasteiger partial charge in [0.2, 0.25) is 0 Å². The van der Waals surface area contributed by atoms with Gasteiger partial charge in [0.25, 0.3) is 5.91 Å². The van der Waals surface area contributed by atoms with Gasteiger partial charge in [-0.1, -0.05) is 30.3 Å². The molecular weight excluding hydrogens is 260 g/mol. The van der Waals surface area contributed by atoms with Gasteiger partial charge in [-0.05, 0) is 30.9 Å². The maximum atomic E-state index is 12.2. The van der Waals surface area contributed by atoms with E-state index in [-0.39, 0.29) is 11.9 Å². The summed E-state index contributed by atoms with van der Waals surface area (Å²) in [5, 5.41) is 2.42. The lowest BCUT2D eigenvalue weighted by molar-refractivity contribution is -0.126. The Bertz CT molecular complexity index is 478. The summed E-state index contributed by atoms with van der Waals surface area (Å²) in [5.41, 5.74) is -0.0426. The standard InChI is InChI=1S/C14H18N2O2S/c1-14(11-7-4-3-5-8-11)12(17)15-13(18)16(14)9-6-10-19-2/h3-5,7-8H,6,9-10H2,1-2H3,(H,15,17,18). The summed E-state index contributed by atoms with van der Waals surface area (Å²) >= 11 is 1.74. The van der Waals surface area contributed by atoms with Crippen LogP contribution in [0.3, 0.4) is 0 Å². The Balaban J connectivity index is 2.28. The van der Waals surface area contributed by atoms with Crippen molar-refractivity contribution in [2.45, 2.75) is 18.9 Å². The van der Waals surface area contributed by atoms with E-state index in [0.29, 0.717) is 6.54 Å². The van der Waals surface area contributed by atoms with Crippen molar-refractivity contribution >= 4 is 23.7 Å². The Hall–Kier alpha value is -1.49. The summed E-state index contributed by atoms with van der Waals surface area (Å²) in [7, 11) is 0. The molecule has 1 atom stereocenters. The number of benzene rings is 1. The van der Waals surface area contributed by atoms with Crippen molar-refractivity contribution in [2.24, 2.45) is 0 Å². The Morgan fingerprint density at radius 1 is 1.26 bits per heavy atom. The van der Waals surface area contributed by atoms with Gasteiger partial charge >= 0.3 is 6.03 Å². The lowest BCUT2D eigenvalue weighted by Crippen LogP contribution is -2.44. The summed E-state index contributed by atoms with van der Waals surface area (Å²) in [6.45, 7) is 2.39. The van der Waals surface area contributed by atoms with E-state index in [1.54, 1.807) is 16.7 Å². The van der Waals surface area contributed by atoms with Crippen LogP contribution >= 0.6 is 11.8 Å². The maximum Gasteiger partial charge on any atom is 0.325 e. The monoisotopic (exact) mass is 278 g/mol. The van der Waals surface area contributed by atoms with E-state index in [0.717, 1.165) is 17.7 Å². The van der Waals surface area contributed by atoms with Gasteiger partial charge in [0.1, 0.15) is 5.54 Å². The van der Waals surface area contributed by atoms with Crippen LogP contribution in [0.15, 0.2) is 30.3 Å². The van der Waals surface area contributed by atoms with E-state index >= 15 is 0 Å². The van der Waals surface area contributed by atoms with Crippen molar-refractivity contribution in [1.29, 1.82) is 0 Å². The van der Waals surface area contributed by atoms with E-state index in [1.807, 2.05) is 43.5 Å². The molecule has 0 aliphatic carbocycles. The van der Waals surface area contributed by atoms with Crippen LogP contribution in [0.4, 0.5) is 4.79 Å². The smallest absolute Gasteiger partial charge is 0.306 e. The van der Waals surface area contributed by atoms with E-state index in [4.69, 9.17) is 0 Å². The minimum Gasteiger partial charge on any atom is -0.306 e. The number of amides is 3. The molecule has 102 valence electrons. The van der Waals surface area contributed by atoms with Gasteiger partial charge in [-0.15, -0.1) is 0 Å². The number of thioether (sulfide) groups is 1. The van der Waals surface area contributed by atoms with Crippen molar-refractivity contribution in [2.75, 3.05) is 18.6 Å². The van der Waals surface area contributed by atoms with Gasteiger partial charge in [0.05, 0.1) is 0 Å². The average molecular weight is 278 g/mol. The van der Waals surface area contributed by atoms with E-state index in [9.17, 15) is 9.59 Å². The number of nitrogens with zero attached hydrogens (tertiary/aromatic N) is 1. The van der Waals surface area contributed by atoms with Gasteiger partial charge in [0.15, 0.2) is 0 Å². The molecule has 4 nitrogen and oxygen atoms in total. The van der Waals surface area contributed by atoms with Crippen LogP contribution in [-0.2, 0) is 10.3 Å². The molecule has 3 amide bonds. The van der Waals surface area contributed by atoms with E-state index < -0.39 is 5.54 Å². The molecule has 2 rings (SSSR count). The number of imide groups is 1. The molecule has 1 heterocycles.